The van der Waals surface area contributed by atoms with E-state index in [1.165, 1.54) is 34.2 Å². The molecule has 0 atom stereocenters. The molecular weight excluding hydrogens is 390 g/mol. The van der Waals surface area contributed by atoms with Crippen molar-refractivity contribution in [3.8, 4) is 0 Å². The van der Waals surface area contributed by atoms with Crippen LogP contribution in [-0.4, -0.2) is 21.6 Å². The van der Waals surface area contributed by atoms with Gasteiger partial charge in [0, 0.05) is 11.4 Å². The Morgan fingerprint density at radius 1 is 1.25 bits per heavy atom. The van der Waals surface area contributed by atoms with Crippen LogP contribution in [-0.2, 0) is 29.9 Å². The number of aromatic nitrogens is 2. The van der Waals surface area contributed by atoms with Gasteiger partial charge in [-0.05, 0) is 43.7 Å². The van der Waals surface area contributed by atoms with Crippen LogP contribution < -0.4 is 10.9 Å². The van der Waals surface area contributed by atoms with Crippen LogP contribution in [0.4, 0.5) is 0 Å². The Labute approximate surface area is 172 Å². The highest BCUT2D eigenvalue weighted by Crippen LogP contribution is 2.33. The molecule has 5 nitrogen and oxygen atoms in total. The van der Waals surface area contributed by atoms with Crippen molar-refractivity contribution in [3.05, 3.63) is 62.0 Å². The molecular formula is C21H23N3O2S2. The zero-order valence-electron chi connectivity index (χ0n) is 15.8. The van der Waals surface area contributed by atoms with Gasteiger partial charge in [-0.3, -0.25) is 9.59 Å². The summed E-state index contributed by atoms with van der Waals surface area (Å²) >= 11 is 3.12. The number of H-pyrrole nitrogens is 1. The monoisotopic (exact) mass is 413 g/mol. The van der Waals surface area contributed by atoms with Crippen molar-refractivity contribution in [1.29, 1.82) is 0 Å². The van der Waals surface area contributed by atoms with Gasteiger partial charge in [-0.15, -0.1) is 23.1 Å². The Hall–Kier alpha value is -2.12. The summed E-state index contributed by atoms with van der Waals surface area (Å²) in [5.74, 6) is 1.49. The molecule has 0 saturated carbocycles. The largest absolute Gasteiger partial charge is 0.351 e. The van der Waals surface area contributed by atoms with Crippen LogP contribution in [0.1, 0.15) is 40.2 Å². The zero-order chi connectivity index (χ0) is 19.5. The van der Waals surface area contributed by atoms with Crippen molar-refractivity contribution in [3.63, 3.8) is 0 Å². The first-order valence-corrected chi connectivity index (χ1v) is 11.5. The van der Waals surface area contributed by atoms with E-state index in [2.05, 4.69) is 15.3 Å². The average molecular weight is 414 g/mol. The van der Waals surface area contributed by atoms with Gasteiger partial charge < -0.3 is 10.3 Å². The number of thioether (sulfide) groups is 1. The Morgan fingerprint density at radius 3 is 2.86 bits per heavy atom. The van der Waals surface area contributed by atoms with Crippen molar-refractivity contribution >= 4 is 39.2 Å². The summed E-state index contributed by atoms with van der Waals surface area (Å²) in [6.45, 7) is 2.57. The number of rotatable bonds is 6. The molecule has 1 aliphatic carbocycles. The molecule has 3 aromatic rings. The Kier molecular flexibility index (Phi) is 5.82. The number of carbonyl (C=O) groups excluding carboxylic acids is 1. The van der Waals surface area contributed by atoms with E-state index in [1.54, 1.807) is 11.3 Å². The van der Waals surface area contributed by atoms with Gasteiger partial charge >= 0.3 is 0 Å². The molecule has 0 saturated heterocycles. The molecule has 0 radical (unpaired) electrons. The minimum absolute atomic E-state index is 0.0133. The maximum Gasteiger partial charge on any atom is 0.259 e. The van der Waals surface area contributed by atoms with Gasteiger partial charge in [0.15, 0.2) is 0 Å². The van der Waals surface area contributed by atoms with E-state index < -0.39 is 0 Å². The highest BCUT2D eigenvalue weighted by molar-refractivity contribution is 7.99. The van der Waals surface area contributed by atoms with E-state index >= 15 is 0 Å². The van der Waals surface area contributed by atoms with Crippen molar-refractivity contribution in [1.82, 2.24) is 15.3 Å². The van der Waals surface area contributed by atoms with E-state index in [-0.39, 0.29) is 11.5 Å². The Bertz CT molecular complexity index is 1050. The molecule has 28 heavy (non-hydrogen) atoms. The number of amides is 1. The minimum Gasteiger partial charge on any atom is -0.351 e. The van der Waals surface area contributed by atoms with E-state index in [0.29, 0.717) is 23.9 Å². The van der Waals surface area contributed by atoms with Gasteiger partial charge in [0.1, 0.15) is 10.7 Å². The number of nitrogens with one attached hydrogen (secondary N) is 2. The maximum absolute atomic E-state index is 12.5. The first-order valence-electron chi connectivity index (χ1n) is 9.53. The summed E-state index contributed by atoms with van der Waals surface area (Å²) in [5.41, 5.74) is 3.45. The van der Waals surface area contributed by atoms with E-state index in [1.807, 2.05) is 31.2 Å². The van der Waals surface area contributed by atoms with Gasteiger partial charge in [-0.25, -0.2) is 4.98 Å². The molecule has 4 rings (SSSR count). The lowest BCUT2D eigenvalue weighted by Crippen LogP contribution is -2.24. The predicted octanol–water partition coefficient (Wildman–Crippen LogP) is 3.72. The molecule has 7 heteroatoms. The molecule has 2 aromatic heterocycles. The highest BCUT2D eigenvalue weighted by Gasteiger charge is 2.19. The number of benzene rings is 1. The molecule has 0 bridgehead atoms. The van der Waals surface area contributed by atoms with Gasteiger partial charge in [0.25, 0.3) is 5.56 Å². The molecule has 1 aromatic carbocycles. The van der Waals surface area contributed by atoms with Crippen molar-refractivity contribution in [2.75, 3.05) is 5.75 Å². The number of fused-ring (bicyclic) bond motifs is 3. The van der Waals surface area contributed by atoms with Crippen molar-refractivity contribution in [2.24, 2.45) is 0 Å². The number of hydrogen-bond donors (Lipinski definition) is 2. The van der Waals surface area contributed by atoms with Crippen molar-refractivity contribution in [2.45, 2.75) is 44.9 Å². The summed E-state index contributed by atoms with van der Waals surface area (Å²) in [7, 11) is 0. The third kappa shape index (κ3) is 4.31. The second-order valence-corrected chi connectivity index (χ2v) is 9.23. The number of aromatic amines is 1. The minimum atomic E-state index is -0.0381. The summed E-state index contributed by atoms with van der Waals surface area (Å²) in [6, 6.07) is 8.12. The molecule has 0 fully saturated rings. The first kappa shape index (κ1) is 19.2. The van der Waals surface area contributed by atoms with Gasteiger partial charge in [-0.2, -0.15) is 0 Å². The fraction of sp³-hybridized carbons (Fsp3) is 0.381. The normalized spacial score (nSPS) is 13.5. The summed E-state index contributed by atoms with van der Waals surface area (Å²) < 4.78 is 0. The standard InChI is InChI=1S/C21H23N3O2S2/c1-13-6-8-14(9-7-13)10-22-18(25)12-27-11-17-23-20(26)19-15-4-2-3-5-16(15)28-21(19)24-17/h6-9H,2-5,10-12H2,1H3,(H,22,25)(H,23,24,26). The molecule has 2 heterocycles. The highest BCUT2D eigenvalue weighted by atomic mass is 32.2. The molecule has 0 aliphatic heterocycles. The zero-order valence-corrected chi connectivity index (χ0v) is 17.5. The molecule has 1 aliphatic rings. The second-order valence-electron chi connectivity index (χ2n) is 7.16. The van der Waals surface area contributed by atoms with E-state index in [0.717, 1.165) is 35.0 Å². The SMILES string of the molecule is Cc1ccc(CNC(=O)CSCc2nc3sc4c(c3c(=O)[nH]2)CCCC4)cc1. The van der Waals surface area contributed by atoms with Gasteiger partial charge in [-0.1, -0.05) is 29.8 Å². The number of aryl methyl sites for hydroxylation is 3. The smallest absolute Gasteiger partial charge is 0.259 e. The summed E-state index contributed by atoms with van der Waals surface area (Å²) in [5, 5.41) is 3.71. The lowest BCUT2D eigenvalue weighted by atomic mass is 9.97. The maximum atomic E-state index is 12.5. The number of hydrogen-bond acceptors (Lipinski definition) is 5. The molecule has 2 N–H and O–H groups in total. The fourth-order valence-corrected chi connectivity index (χ4v) is 5.48. The van der Waals surface area contributed by atoms with Crippen LogP contribution in [0.3, 0.4) is 0 Å². The lowest BCUT2D eigenvalue weighted by Gasteiger charge is -2.09. The van der Waals surface area contributed by atoms with Crippen LogP contribution in [0.2, 0.25) is 0 Å². The van der Waals surface area contributed by atoms with Crippen LogP contribution in [0.5, 0.6) is 0 Å². The van der Waals surface area contributed by atoms with Crippen molar-refractivity contribution < 1.29 is 4.79 Å². The molecule has 1 amide bonds. The first-order chi connectivity index (χ1) is 13.6. The Morgan fingerprint density at radius 2 is 2.04 bits per heavy atom. The molecule has 0 unspecified atom stereocenters. The number of carbonyl (C=O) groups is 1. The van der Waals surface area contributed by atoms with E-state index in [9.17, 15) is 9.59 Å². The van der Waals surface area contributed by atoms with Crippen LogP contribution in [0.25, 0.3) is 10.2 Å². The molecule has 146 valence electrons. The Balaban J connectivity index is 1.33. The molecule has 0 spiro atoms. The third-order valence-corrected chi connectivity index (χ3v) is 7.09. The van der Waals surface area contributed by atoms with Gasteiger partial charge in [0.05, 0.1) is 16.9 Å². The fourth-order valence-electron chi connectivity index (χ4n) is 3.47. The summed E-state index contributed by atoms with van der Waals surface area (Å²) in [4.78, 5) is 34.3. The average Bonchev–Trinajstić information content (AvgIpc) is 3.06. The van der Waals surface area contributed by atoms with E-state index in [4.69, 9.17) is 0 Å². The topological polar surface area (TPSA) is 74.8 Å². The third-order valence-electron chi connectivity index (χ3n) is 4.96. The number of nitrogens with zero attached hydrogens (tertiary/aromatic N) is 1. The van der Waals surface area contributed by atoms with Crippen LogP contribution in [0, 0.1) is 6.92 Å². The van der Waals surface area contributed by atoms with Crippen LogP contribution in [0.15, 0.2) is 29.1 Å². The predicted molar refractivity (Wildman–Crippen MR) is 116 cm³/mol. The second kappa shape index (κ2) is 8.49. The van der Waals surface area contributed by atoms with Crippen LogP contribution >= 0.6 is 23.1 Å². The summed E-state index contributed by atoms with van der Waals surface area (Å²) in [6.07, 6.45) is 4.38. The lowest BCUT2D eigenvalue weighted by molar-refractivity contribution is -0.118. The quantitative estimate of drug-likeness (QED) is 0.646. The van der Waals surface area contributed by atoms with Gasteiger partial charge in [0.2, 0.25) is 5.91 Å². The number of thiophene rings is 1.